The lowest BCUT2D eigenvalue weighted by atomic mass is 9.88. The van der Waals surface area contributed by atoms with Crippen LogP contribution in [0.5, 0.6) is 0 Å². The van der Waals surface area contributed by atoms with Gasteiger partial charge in [-0.2, -0.15) is 5.10 Å². The molecule has 0 radical (unpaired) electrons. The van der Waals surface area contributed by atoms with Gasteiger partial charge in [-0.3, -0.25) is 9.67 Å². The van der Waals surface area contributed by atoms with Crippen molar-refractivity contribution in [2.75, 3.05) is 19.6 Å². The summed E-state index contributed by atoms with van der Waals surface area (Å²) in [5.41, 5.74) is 4.29. The standard InChI is InChI=1S/C25H31N5O/c1-29-17-22(16-27-29)21-11-13-30(18-21)25(26-12-10-24-7-4-14-31-24)28-23-9-8-19-5-2-3-6-20(19)15-23/h2-7,14,16-17,21,23H,8-13,15,18H2,1H3,(H,26,28). The molecule has 2 aliphatic rings. The minimum absolute atomic E-state index is 0.426. The molecule has 1 aliphatic heterocycles. The number of benzene rings is 1. The number of hydrogen-bond acceptors (Lipinski definition) is 3. The number of furan rings is 1. The summed E-state index contributed by atoms with van der Waals surface area (Å²) < 4.78 is 7.39. The molecule has 0 saturated carbocycles. The molecule has 2 aromatic heterocycles. The van der Waals surface area contributed by atoms with Gasteiger partial charge in [-0.05, 0) is 54.5 Å². The molecule has 6 nitrogen and oxygen atoms in total. The summed E-state index contributed by atoms with van der Waals surface area (Å²) in [6.07, 6.45) is 11.2. The van der Waals surface area contributed by atoms with E-state index in [1.807, 2.05) is 30.1 Å². The van der Waals surface area contributed by atoms with Crippen molar-refractivity contribution >= 4 is 5.96 Å². The van der Waals surface area contributed by atoms with Crippen LogP contribution in [0.25, 0.3) is 0 Å². The van der Waals surface area contributed by atoms with Crippen LogP contribution in [0.4, 0.5) is 0 Å². The molecule has 0 spiro atoms. The minimum atomic E-state index is 0.426. The summed E-state index contributed by atoms with van der Waals surface area (Å²) in [4.78, 5) is 7.45. The quantitative estimate of drug-likeness (QED) is 0.510. The minimum Gasteiger partial charge on any atom is -0.469 e. The van der Waals surface area contributed by atoms with E-state index in [0.717, 1.165) is 63.5 Å². The second-order valence-electron chi connectivity index (χ2n) is 8.77. The molecule has 2 atom stereocenters. The van der Waals surface area contributed by atoms with E-state index in [4.69, 9.17) is 9.41 Å². The fourth-order valence-corrected chi connectivity index (χ4v) is 4.84. The molecule has 1 saturated heterocycles. The highest BCUT2D eigenvalue weighted by Gasteiger charge is 2.29. The number of aryl methyl sites for hydroxylation is 2. The van der Waals surface area contributed by atoms with Crippen LogP contribution >= 0.6 is 0 Å². The summed E-state index contributed by atoms with van der Waals surface area (Å²) in [7, 11) is 1.99. The van der Waals surface area contributed by atoms with Gasteiger partial charge in [0.05, 0.1) is 12.5 Å². The largest absolute Gasteiger partial charge is 0.469 e. The third-order valence-electron chi connectivity index (χ3n) is 6.56. The van der Waals surface area contributed by atoms with Gasteiger partial charge in [-0.1, -0.05) is 24.3 Å². The Morgan fingerprint density at radius 3 is 2.90 bits per heavy atom. The molecule has 2 unspecified atom stereocenters. The number of nitrogens with one attached hydrogen (secondary N) is 1. The number of rotatable bonds is 5. The lowest BCUT2D eigenvalue weighted by Crippen LogP contribution is -2.47. The number of nitrogens with zero attached hydrogens (tertiary/aromatic N) is 4. The highest BCUT2D eigenvalue weighted by Crippen LogP contribution is 2.27. The second kappa shape index (κ2) is 9.00. The predicted molar refractivity (Wildman–Crippen MR) is 122 cm³/mol. The van der Waals surface area contributed by atoms with Gasteiger partial charge in [0.2, 0.25) is 0 Å². The van der Waals surface area contributed by atoms with Crippen LogP contribution in [0.3, 0.4) is 0 Å². The number of aliphatic imine (C=N–C) groups is 1. The summed E-state index contributed by atoms with van der Waals surface area (Å²) >= 11 is 0. The topological polar surface area (TPSA) is 58.6 Å². The maximum Gasteiger partial charge on any atom is 0.194 e. The van der Waals surface area contributed by atoms with E-state index < -0.39 is 0 Å². The van der Waals surface area contributed by atoms with E-state index in [1.165, 1.54) is 16.7 Å². The smallest absolute Gasteiger partial charge is 0.194 e. The summed E-state index contributed by atoms with van der Waals surface area (Å²) in [5.74, 6) is 2.55. The number of aromatic nitrogens is 2. The van der Waals surface area contributed by atoms with Crippen LogP contribution in [0.15, 0.2) is 64.5 Å². The molecule has 31 heavy (non-hydrogen) atoms. The normalized spacial score (nSPS) is 21.3. The van der Waals surface area contributed by atoms with E-state index in [1.54, 1.807) is 6.26 Å². The van der Waals surface area contributed by atoms with Crippen LogP contribution in [0.1, 0.15) is 41.2 Å². The van der Waals surface area contributed by atoms with Crippen molar-refractivity contribution in [2.24, 2.45) is 12.0 Å². The Hall–Kier alpha value is -3.02. The van der Waals surface area contributed by atoms with E-state index in [2.05, 4.69) is 45.8 Å². The summed E-state index contributed by atoms with van der Waals surface area (Å²) in [6, 6.07) is 13.2. The molecule has 1 N–H and O–H groups in total. The van der Waals surface area contributed by atoms with Crippen LogP contribution < -0.4 is 5.32 Å². The summed E-state index contributed by atoms with van der Waals surface area (Å²) in [6.45, 7) is 2.74. The molecule has 0 amide bonds. The highest BCUT2D eigenvalue weighted by atomic mass is 16.3. The van der Waals surface area contributed by atoms with Crippen molar-refractivity contribution in [3.05, 3.63) is 77.5 Å². The van der Waals surface area contributed by atoms with Crippen molar-refractivity contribution in [1.29, 1.82) is 0 Å². The predicted octanol–water partition coefficient (Wildman–Crippen LogP) is 3.55. The first-order chi connectivity index (χ1) is 15.2. The number of likely N-dealkylation sites (tertiary alicyclic amines) is 1. The second-order valence-corrected chi connectivity index (χ2v) is 8.77. The van der Waals surface area contributed by atoms with Gasteiger partial charge in [-0.15, -0.1) is 0 Å². The zero-order chi connectivity index (χ0) is 21.0. The maximum absolute atomic E-state index is 5.49. The third-order valence-corrected chi connectivity index (χ3v) is 6.56. The molecule has 6 heteroatoms. The lowest BCUT2D eigenvalue weighted by molar-refractivity contribution is 0.444. The van der Waals surface area contributed by atoms with E-state index in [0.29, 0.717) is 12.0 Å². The fraction of sp³-hybridized carbons (Fsp3) is 0.440. The van der Waals surface area contributed by atoms with Gasteiger partial charge in [0, 0.05) is 51.3 Å². The Balaban J connectivity index is 1.29. The molecule has 5 rings (SSSR count). The van der Waals surface area contributed by atoms with E-state index >= 15 is 0 Å². The fourth-order valence-electron chi connectivity index (χ4n) is 4.84. The first-order valence-electron chi connectivity index (χ1n) is 11.4. The Morgan fingerprint density at radius 2 is 2.10 bits per heavy atom. The van der Waals surface area contributed by atoms with E-state index in [-0.39, 0.29) is 0 Å². The van der Waals surface area contributed by atoms with Gasteiger partial charge in [0.15, 0.2) is 5.96 Å². The Kier molecular flexibility index (Phi) is 5.78. The lowest BCUT2D eigenvalue weighted by Gasteiger charge is -2.30. The first kappa shape index (κ1) is 19.9. The van der Waals surface area contributed by atoms with Gasteiger partial charge in [-0.25, -0.2) is 0 Å². The Morgan fingerprint density at radius 1 is 1.19 bits per heavy atom. The zero-order valence-electron chi connectivity index (χ0n) is 18.2. The van der Waals surface area contributed by atoms with Crippen LogP contribution in [0, 0.1) is 0 Å². The van der Waals surface area contributed by atoms with E-state index in [9.17, 15) is 0 Å². The van der Waals surface area contributed by atoms with Crippen LogP contribution in [-0.4, -0.2) is 46.3 Å². The highest BCUT2D eigenvalue weighted by molar-refractivity contribution is 5.81. The molecule has 0 bridgehead atoms. The van der Waals surface area contributed by atoms with Crippen molar-refractivity contribution < 1.29 is 4.42 Å². The Labute approximate surface area is 184 Å². The molecule has 3 aromatic rings. The zero-order valence-corrected chi connectivity index (χ0v) is 18.2. The van der Waals surface area contributed by atoms with Crippen molar-refractivity contribution in [2.45, 2.75) is 44.1 Å². The van der Waals surface area contributed by atoms with Crippen LogP contribution in [-0.2, 0) is 26.3 Å². The van der Waals surface area contributed by atoms with Gasteiger partial charge in [0.25, 0.3) is 0 Å². The van der Waals surface area contributed by atoms with Gasteiger partial charge < -0.3 is 14.6 Å². The molecular formula is C25H31N5O. The first-order valence-corrected chi connectivity index (χ1v) is 11.4. The molecular weight excluding hydrogens is 386 g/mol. The monoisotopic (exact) mass is 417 g/mol. The summed E-state index contributed by atoms with van der Waals surface area (Å²) in [5, 5.41) is 8.19. The number of hydrogen-bond donors (Lipinski definition) is 1. The third kappa shape index (κ3) is 4.68. The molecule has 3 heterocycles. The molecule has 1 fully saturated rings. The van der Waals surface area contributed by atoms with Gasteiger partial charge >= 0.3 is 0 Å². The van der Waals surface area contributed by atoms with Crippen molar-refractivity contribution in [3.8, 4) is 0 Å². The molecule has 1 aromatic carbocycles. The molecule has 162 valence electrons. The van der Waals surface area contributed by atoms with Crippen molar-refractivity contribution in [3.63, 3.8) is 0 Å². The average Bonchev–Trinajstić information content (AvgIpc) is 3.55. The van der Waals surface area contributed by atoms with Gasteiger partial charge in [0.1, 0.15) is 5.76 Å². The number of fused-ring (bicyclic) bond motifs is 1. The average molecular weight is 418 g/mol. The number of guanidine groups is 1. The molecule has 1 aliphatic carbocycles. The van der Waals surface area contributed by atoms with Crippen LogP contribution in [0.2, 0.25) is 0 Å². The SMILES string of the molecule is Cn1cc(C2CCN(C(=NCCc3ccco3)NC3CCc4ccccc4C3)C2)cn1. The van der Waals surface area contributed by atoms with Crippen molar-refractivity contribution in [1.82, 2.24) is 20.0 Å². The Bertz CT molecular complexity index is 1020. The maximum atomic E-state index is 5.49.